The average molecular weight is 382 g/mol. The Kier molecular flexibility index (Phi) is 6.01. The van der Waals surface area contributed by atoms with Crippen LogP contribution in [-0.4, -0.2) is 14.8 Å². The number of rotatable bonds is 6. The molecule has 0 aliphatic carbocycles. The first-order valence-electron chi connectivity index (χ1n) is 5.60. The van der Waals surface area contributed by atoms with Gasteiger partial charge >= 0.3 is 11.2 Å². The molecule has 0 fully saturated rings. The predicted molar refractivity (Wildman–Crippen MR) is 77.2 cm³/mol. The molecule has 0 saturated carbocycles. The zero-order valence-corrected chi connectivity index (χ0v) is 13.1. The fraction of sp³-hybridized carbons (Fsp3) is 0.545. The minimum atomic E-state index is -0.646. The van der Waals surface area contributed by atoms with Gasteiger partial charge in [0.15, 0.2) is 0 Å². The molecule has 0 spiro atoms. The second-order valence-corrected chi connectivity index (χ2v) is 5.63. The van der Waals surface area contributed by atoms with Gasteiger partial charge < -0.3 is 4.57 Å². The van der Waals surface area contributed by atoms with Crippen LogP contribution in [0.2, 0.25) is 0 Å². The zero-order valence-electron chi connectivity index (χ0n) is 9.94. The van der Waals surface area contributed by atoms with Crippen LogP contribution in [0.25, 0.3) is 0 Å². The highest BCUT2D eigenvalue weighted by Crippen LogP contribution is 2.17. The Hall–Kier alpha value is -0.690. The summed E-state index contributed by atoms with van der Waals surface area (Å²) in [4.78, 5) is 22.0. The van der Waals surface area contributed by atoms with Crippen molar-refractivity contribution in [1.29, 1.82) is 0 Å². The van der Waals surface area contributed by atoms with E-state index in [4.69, 9.17) is 0 Å². The van der Waals surface area contributed by atoms with Gasteiger partial charge in [-0.05, 0) is 28.3 Å². The first kappa shape index (κ1) is 15.4. The summed E-state index contributed by atoms with van der Waals surface area (Å²) in [5.74, 6) is 0.293. The number of alkyl halides is 1. The number of hydrogen-bond acceptors (Lipinski definition) is 3. The normalized spacial score (nSPS) is 12.4. The Labute approximate surface area is 122 Å². The largest absolute Gasteiger partial charge is 0.335 e. The lowest BCUT2D eigenvalue weighted by Crippen LogP contribution is -2.26. The second kappa shape index (κ2) is 7.04. The van der Waals surface area contributed by atoms with E-state index in [1.54, 1.807) is 6.20 Å². The van der Waals surface area contributed by atoms with Gasteiger partial charge in [0, 0.05) is 28.6 Å². The quantitative estimate of drug-likeness (QED) is 0.431. The summed E-state index contributed by atoms with van der Waals surface area (Å²) < 4.78 is 1.95. The first-order valence-corrected chi connectivity index (χ1v) is 7.51. The van der Waals surface area contributed by atoms with E-state index in [0.717, 1.165) is 18.2 Å². The van der Waals surface area contributed by atoms with E-state index in [0.29, 0.717) is 16.9 Å². The van der Waals surface area contributed by atoms with Crippen molar-refractivity contribution in [2.24, 2.45) is 5.92 Å². The molecule has 0 aliphatic heterocycles. The van der Waals surface area contributed by atoms with Crippen molar-refractivity contribution >= 4 is 37.5 Å². The Morgan fingerprint density at radius 3 is 2.72 bits per heavy atom. The summed E-state index contributed by atoms with van der Waals surface area (Å²) in [6.07, 6.45) is 3.58. The first-order chi connectivity index (χ1) is 8.49. The molecule has 0 N–H and O–H groups in total. The molecule has 1 unspecified atom stereocenters. The van der Waals surface area contributed by atoms with E-state index in [9.17, 15) is 14.9 Å². The van der Waals surface area contributed by atoms with Crippen molar-refractivity contribution in [3.05, 3.63) is 37.2 Å². The molecule has 0 radical (unpaired) electrons. The number of nitro groups is 1. The fourth-order valence-corrected chi connectivity index (χ4v) is 2.75. The van der Waals surface area contributed by atoms with Gasteiger partial charge in [0.2, 0.25) is 0 Å². The molecule has 0 bridgehead atoms. The number of pyridine rings is 1. The highest BCUT2D eigenvalue weighted by molar-refractivity contribution is 9.10. The van der Waals surface area contributed by atoms with Crippen molar-refractivity contribution in [2.75, 3.05) is 5.33 Å². The molecule has 100 valence electrons. The molecular formula is C11H14Br2N2O3. The Balaban J connectivity index is 3.09. The topological polar surface area (TPSA) is 65.1 Å². The summed E-state index contributed by atoms with van der Waals surface area (Å²) in [7, 11) is 0. The van der Waals surface area contributed by atoms with Crippen LogP contribution in [0.15, 0.2) is 21.5 Å². The second-order valence-electron chi connectivity index (χ2n) is 4.07. The lowest BCUT2D eigenvalue weighted by Gasteiger charge is -2.14. The van der Waals surface area contributed by atoms with Gasteiger partial charge in [-0.25, -0.2) is 0 Å². The Morgan fingerprint density at radius 1 is 1.56 bits per heavy atom. The molecule has 0 saturated heterocycles. The zero-order chi connectivity index (χ0) is 13.7. The number of aromatic nitrogens is 1. The van der Waals surface area contributed by atoms with Crippen molar-refractivity contribution in [3.63, 3.8) is 0 Å². The van der Waals surface area contributed by atoms with E-state index in [2.05, 4.69) is 38.8 Å². The molecule has 0 aliphatic rings. The van der Waals surface area contributed by atoms with Gasteiger partial charge in [-0.15, -0.1) is 0 Å². The SMILES string of the molecule is CCCC(CBr)Cn1cc(Br)cc([N+](=O)[O-])c1=O. The van der Waals surface area contributed by atoms with Crippen molar-refractivity contribution in [1.82, 2.24) is 4.57 Å². The maximum Gasteiger partial charge on any atom is 0.335 e. The minimum Gasteiger partial charge on any atom is -0.308 e. The lowest BCUT2D eigenvalue weighted by molar-refractivity contribution is -0.386. The fourth-order valence-electron chi connectivity index (χ4n) is 1.75. The van der Waals surface area contributed by atoms with Crippen LogP contribution in [-0.2, 0) is 6.54 Å². The van der Waals surface area contributed by atoms with Crippen LogP contribution < -0.4 is 5.56 Å². The summed E-state index contributed by atoms with van der Waals surface area (Å²) in [5.41, 5.74) is -0.945. The Morgan fingerprint density at radius 2 is 2.22 bits per heavy atom. The molecule has 1 aromatic rings. The predicted octanol–water partition coefficient (Wildman–Crippen LogP) is 3.33. The maximum atomic E-state index is 11.9. The number of halogens is 2. The van der Waals surface area contributed by atoms with Gasteiger partial charge in [-0.1, -0.05) is 29.3 Å². The molecule has 7 heteroatoms. The molecule has 1 rings (SSSR count). The van der Waals surface area contributed by atoms with Crippen LogP contribution in [0.5, 0.6) is 0 Å². The lowest BCUT2D eigenvalue weighted by atomic mass is 10.1. The van der Waals surface area contributed by atoms with Crippen LogP contribution in [0, 0.1) is 16.0 Å². The maximum absolute atomic E-state index is 11.9. The van der Waals surface area contributed by atoms with Crippen molar-refractivity contribution in [2.45, 2.75) is 26.3 Å². The summed E-state index contributed by atoms with van der Waals surface area (Å²) in [6, 6.07) is 1.24. The number of nitrogens with zero attached hydrogens (tertiary/aromatic N) is 2. The molecule has 0 aromatic carbocycles. The molecular weight excluding hydrogens is 368 g/mol. The third-order valence-corrected chi connectivity index (χ3v) is 3.95. The summed E-state index contributed by atoms with van der Waals surface area (Å²) in [5, 5.41) is 11.5. The minimum absolute atomic E-state index is 0.293. The molecule has 1 aromatic heterocycles. The van der Waals surface area contributed by atoms with E-state index in [1.165, 1.54) is 10.6 Å². The van der Waals surface area contributed by atoms with Crippen molar-refractivity contribution < 1.29 is 4.92 Å². The van der Waals surface area contributed by atoms with Gasteiger partial charge in [0.05, 0.1) is 4.92 Å². The van der Waals surface area contributed by atoms with Gasteiger partial charge in [-0.2, -0.15) is 0 Å². The van der Waals surface area contributed by atoms with Crippen LogP contribution in [0.1, 0.15) is 19.8 Å². The molecule has 1 atom stereocenters. The highest BCUT2D eigenvalue weighted by Gasteiger charge is 2.17. The van der Waals surface area contributed by atoms with Crippen LogP contribution >= 0.6 is 31.9 Å². The average Bonchev–Trinajstić information content (AvgIpc) is 2.32. The van der Waals surface area contributed by atoms with E-state index in [1.807, 2.05) is 0 Å². The van der Waals surface area contributed by atoms with E-state index in [-0.39, 0.29) is 0 Å². The third-order valence-electron chi connectivity index (χ3n) is 2.60. The Bertz CT molecular complexity index is 488. The molecule has 0 amide bonds. The van der Waals surface area contributed by atoms with Gasteiger partial charge in [-0.3, -0.25) is 14.9 Å². The standard InChI is InChI=1S/C11H14Br2N2O3/c1-2-3-8(5-12)6-14-7-9(13)4-10(11(14)16)15(17)18/h4,7-8H,2-3,5-6H2,1H3. The summed E-state index contributed by atoms with van der Waals surface area (Å²) >= 11 is 6.59. The monoisotopic (exact) mass is 380 g/mol. The molecule has 18 heavy (non-hydrogen) atoms. The van der Waals surface area contributed by atoms with E-state index >= 15 is 0 Å². The van der Waals surface area contributed by atoms with Crippen molar-refractivity contribution in [3.8, 4) is 0 Å². The van der Waals surface area contributed by atoms with Gasteiger partial charge in [0.1, 0.15) is 0 Å². The van der Waals surface area contributed by atoms with Crippen LogP contribution in [0.4, 0.5) is 5.69 Å². The van der Waals surface area contributed by atoms with E-state index < -0.39 is 16.2 Å². The third kappa shape index (κ3) is 3.91. The summed E-state index contributed by atoms with van der Waals surface area (Å²) in [6.45, 7) is 2.56. The smallest absolute Gasteiger partial charge is 0.308 e. The van der Waals surface area contributed by atoms with Crippen LogP contribution in [0.3, 0.4) is 0 Å². The molecule has 5 nitrogen and oxygen atoms in total. The molecule has 1 heterocycles. The highest BCUT2D eigenvalue weighted by atomic mass is 79.9. The van der Waals surface area contributed by atoms with Gasteiger partial charge in [0.25, 0.3) is 0 Å². The number of hydrogen-bond donors (Lipinski definition) is 0.